The zero-order chi connectivity index (χ0) is 23.4. The number of fused-ring (bicyclic) bond motifs is 3. The highest BCUT2D eigenvalue weighted by atomic mass is 16.6. The number of aromatic amines is 1. The summed E-state index contributed by atoms with van der Waals surface area (Å²) >= 11 is 0. The molecule has 4 heterocycles. The minimum atomic E-state index is -0.970. The van der Waals surface area contributed by atoms with Crippen LogP contribution in [0.2, 0.25) is 0 Å². The average molecular weight is 448 g/mol. The molecule has 1 aliphatic rings. The Labute approximate surface area is 192 Å². The molecule has 8 heteroatoms. The van der Waals surface area contributed by atoms with Crippen molar-refractivity contribution < 1.29 is 14.6 Å². The Hall–Kier alpha value is -3.39. The highest BCUT2D eigenvalue weighted by molar-refractivity contribution is 5.85. The van der Waals surface area contributed by atoms with E-state index in [1.165, 1.54) is 0 Å². The molecule has 0 saturated carbocycles. The molecule has 1 aliphatic heterocycles. The lowest BCUT2D eigenvalue weighted by Gasteiger charge is -2.39. The van der Waals surface area contributed by atoms with E-state index in [1.807, 2.05) is 70.6 Å². The van der Waals surface area contributed by atoms with Crippen molar-refractivity contribution in [1.82, 2.24) is 24.3 Å². The lowest BCUT2D eigenvalue weighted by molar-refractivity contribution is -0.0356. The van der Waals surface area contributed by atoms with Crippen molar-refractivity contribution in [2.45, 2.75) is 51.7 Å². The van der Waals surface area contributed by atoms with Gasteiger partial charge in [-0.1, -0.05) is 24.3 Å². The van der Waals surface area contributed by atoms with Crippen LogP contribution in [-0.2, 0) is 10.3 Å². The number of likely N-dealkylation sites (tertiary alicyclic amines) is 1. The van der Waals surface area contributed by atoms with Gasteiger partial charge in [0.15, 0.2) is 5.65 Å². The van der Waals surface area contributed by atoms with E-state index in [-0.39, 0.29) is 6.09 Å². The Balaban J connectivity index is 1.37. The molecule has 4 aromatic rings. The summed E-state index contributed by atoms with van der Waals surface area (Å²) in [6, 6.07) is 9.90. The summed E-state index contributed by atoms with van der Waals surface area (Å²) in [5.41, 5.74) is 4.87. The van der Waals surface area contributed by atoms with Crippen molar-refractivity contribution in [1.29, 1.82) is 0 Å². The van der Waals surface area contributed by atoms with Crippen LogP contribution in [0, 0.1) is 6.92 Å². The lowest BCUT2D eigenvalue weighted by atomic mass is 9.84. The van der Waals surface area contributed by atoms with Crippen molar-refractivity contribution in [3.8, 4) is 11.3 Å². The van der Waals surface area contributed by atoms with Crippen LogP contribution in [-0.4, -0.2) is 54.1 Å². The summed E-state index contributed by atoms with van der Waals surface area (Å²) < 4.78 is 7.52. The van der Waals surface area contributed by atoms with Crippen molar-refractivity contribution in [3.05, 3.63) is 54.1 Å². The largest absolute Gasteiger partial charge is 0.444 e. The molecule has 1 saturated heterocycles. The second kappa shape index (κ2) is 7.59. The average Bonchev–Trinajstić information content (AvgIpc) is 3.40. The van der Waals surface area contributed by atoms with Crippen LogP contribution in [0.1, 0.15) is 44.9 Å². The van der Waals surface area contributed by atoms with Crippen LogP contribution in [0.5, 0.6) is 0 Å². The van der Waals surface area contributed by atoms with Gasteiger partial charge in [0, 0.05) is 24.8 Å². The van der Waals surface area contributed by atoms with E-state index in [2.05, 4.69) is 19.4 Å². The molecule has 0 atom stereocenters. The fourth-order valence-electron chi connectivity index (χ4n) is 4.56. The number of aromatic nitrogens is 4. The predicted molar refractivity (Wildman–Crippen MR) is 126 cm³/mol. The molecule has 0 unspecified atom stereocenters. The molecular weight excluding hydrogens is 418 g/mol. The minimum Gasteiger partial charge on any atom is -0.444 e. The number of carbonyl (C=O) groups is 1. The summed E-state index contributed by atoms with van der Waals surface area (Å²) in [5.74, 6) is 0. The molecule has 8 nitrogen and oxygen atoms in total. The van der Waals surface area contributed by atoms with Crippen molar-refractivity contribution in [2.24, 2.45) is 0 Å². The van der Waals surface area contributed by atoms with Crippen molar-refractivity contribution in [2.75, 3.05) is 13.1 Å². The monoisotopic (exact) mass is 447 g/mol. The highest BCUT2D eigenvalue weighted by Gasteiger charge is 2.36. The number of hydrogen-bond donors (Lipinski definition) is 2. The topological polar surface area (TPSA) is 95.8 Å². The molecule has 3 aromatic heterocycles. The zero-order valence-electron chi connectivity index (χ0n) is 19.4. The second-order valence-electron chi connectivity index (χ2n) is 9.80. The summed E-state index contributed by atoms with van der Waals surface area (Å²) in [6.45, 7) is 8.46. The number of ether oxygens (including phenoxy) is 1. The molecule has 0 spiro atoms. The fraction of sp³-hybridized carbons (Fsp3) is 0.400. The van der Waals surface area contributed by atoms with Crippen LogP contribution in [0.15, 0.2) is 42.9 Å². The van der Waals surface area contributed by atoms with E-state index in [9.17, 15) is 9.90 Å². The number of imidazole rings is 1. The molecule has 5 rings (SSSR count). The first-order valence-corrected chi connectivity index (χ1v) is 11.3. The third kappa shape index (κ3) is 3.84. The van der Waals surface area contributed by atoms with Crippen LogP contribution >= 0.6 is 0 Å². The number of benzene rings is 1. The highest BCUT2D eigenvalue weighted by Crippen LogP contribution is 2.35. The third-order valence-electron chi connectivity index (χ3n) is 6.29. The predicted octanol–water partition coefficient (Wildman–Crippen LogP) is 4.40. The Morgan fingerprint density at radius 1 is 1.15 bits per heavy atom. The summed E-state index contributed by atoms with van der Waals surface area (Å²) in [7, 11) is 0. The van der Waals surface area contributed by atoms with E-state index in [4.69, 9.17) is 4.74 Å². The van der Waals surface area contributed by atoms with E-state index < -0.39 is 11.2 Å². The Bertz CT molecular complexity index is 1320. The maximum Gasteiger partial charge on any atom is 0.410 e. The van der Waals surface area contributed by atoms with Gasteiger partial charge in [-0.3, -0.25) is 4.40 Å². The number of rotatable bonds is 2. The standard InChI is InChI=1S/C25H29N5O3/c1-16-21-20(27-15-30(21)19-9-12-26-22(19)28-16)17-5-7-18(8-6-17)25(32)10-13-29(14-11-25)23(31)33-24(2,3)4/h5-9,12,15,26,32H,10-11,13-14H2,1-4H3. The normalized spacial score (nSPS) is 16.5. The van der Waals surface area contributed by atoms with E-state index in [0.29, 0.717) is 25.9 Å². The van der Waals surface area contributed by atoms with Gasteiger partial charge >= 0.3 is 6.09 Å². The number of carbonyl (C=O) groups excluding carboxylic acids is 1. The fourth-order valence-corrected chi connectivity index (χ4v) is 4.56. The number of hydrogen-bond acceptors (Lipinski definition) is 5. The number of aliphatic hydroxyl groups is 1. The first kappa shape index (κ1) is 21.5. The van der Waals surface area contributed by atoms with Gasteiger partial charge in [0.1, 0.15) is 11.9 Å². The summed E-state index contributed by atoms with van der Waals surface area (Å²) in [6.07, 6.45) is 4.30. The van der Waals surface area contributed by atoms with Crippen LogP contribution < -0.4 is 0 Å². The lowest BCUT2D eigenvalue weighted by Crippen LogP contribution is -2.46. The second-order valence-corrected chi connectivity index (χ2v) is 9.80. The third-order valence-corrected chi connectivity index (χ3v) is 6.29. The van der Waals surface area contributed by atoms with Gasteiger partial charge in [0.05, 0.1) is 28.0 Å². The van der Waals surface area contributed by atoms with E-state index in [0.717, 1.165) is 39.2 Å². The van der Waals surface area contributed by atoms with Gasteiger partial charge in [-0.25, -0.2) is 14.8 Å². The van der Waals surface area contributed by atoms with Gasteiger partial charge in [-0.05, 0) is 52.2 Å². The number of nitrogens with one attached hydrogen (secondary N) is 1. The minimum absolute atomic E-state index is 0.327. The molecule has 1 fully saturated rings. The van der Waals surface area contributed by atoms with Gasteiger partial charge in [-0.15, -0.1) is 0 Å². The SMILES string of the molecule is Cc1nc2[nH]ccc2n2cnc(-c3ccc(C4(O)CCN(C(=O)OC(C)(C)C)CC4)cc3)c12. The van der Waals surface area contributed by atoms with Gasteiger partial charge < -0.3 is 19.7 Å². The number of nitrogens with zero attached hydrogens (tertiary/aromatic N) is 4. The molecule has 0 aliphatic carbocycles. The molecule has 0 radical (unpaired) electrons. The molecule has 2 N–H and O–H groups in total. The smallest absolute Gasteiger partial charge is 0.410 e. The molecule has 1 amide bonds. The Morgan fingerprint density at radius 3 is 2.52 bits per heavy atom. The van der Waals surface area contributed by atoms with Crippen molar-refractivity contribution >= 4 is 22.8 Å². The quantitative estimate of drug-likeness (QED) is 0.475. The van der Waals surface area contributed by atoms with Gasteiger partial charge in [-0.2, -0.15) is 0 Å². The first-order valence-electron chi connectivity index (χ1n) is 11.3. The number of H-pyrrole nitrogens is 1. The van der Waals surface area contributed by atoms with Crippen LogP contribution in [0.25, 0.3) is 27.9 Å². The molecule has 172 valence electrons. The van der Waals surface area contributed by atoms with E-state index >= 15 is 0 Å². The maximum atomic E-state index is 12.3. The van der Waals surface area contributed by atoms with Gasteiger partial charge in [0.2, 0.25) is 0 Å². The Kier molecular flexibility index (Phi) is 4.93. The van der Waals surface area contributed by atoms with Crippen LogP contribution in [0.3, 0.4) is 0 Å². The maximum absolute atomic E-state index is 12.3. The number of amides is 1. The first-order chi connectivity index (χ1) is 15.6. The molecule has 33 heavy (non-hydrogen) atoms. The zero-order valence-corrected chi connectivity index (χ0v) is 19.4. The number of piperidine rings is 1. The van der Waals surface area contributed by atoms with Gasteiger partial charge in [0.25, 0.3) is 0 Å². The molecular formula is C25H29N5O3. The van der Waals surface area contributed by atoms with E-state index in [1.54, 1.807) is 4.90 Å². The summed E-state index contributed by atoms with van der Waals surface area (Å²) in [5, 5.41) is 11.3. The van der Waals surface area contributed by atoms with Crippen molar-refractivity contribution in [3.63, 3.8) is 0 Å². The number of aryl methyl sites for hydroxylation is 1. The summed E-state index contributed by atoms with van der Waals surface area (Å²) in [4.78, 5) is 26.5. The molecule has 0 bridgehead atoms. The van der Waals surface area contributed by atoms with Crippen LogP contribution in [0.4, 0.5) is 4.79 Å². The molecule has 1 aromatic carbocycles. The Morgan fingerprint density at radius 2 is 1.85 bits per heavy atom.